The van der Waals surface area contributed by atoms with Gasteiger partial charge in [-0.25, -0.2) is 13.9 Å². The minimum Gasteiger partial charge on any atom is -0.461 e. The minimum atomic E-state index is -0.421. The molecule has 0 bridgehead atoms. The highest BCUT2D eigenvalue weighted by molar-refractivity contribution is 5.94. The number of benzene rings is 2. The molecule has 1 aliphatic carbocycles. The van der Waals surface area contributed by atoms with E-state index in [1.807, 2.05) is 30.3 Å². The maximum Gasteiger partial charge on any atom is 0.359 e. The lowest BCUT2D eigenvalue weighted by Crippen LogP contribution is -2.09. The first-order valence-electron chi connectivity index (χ1n) is 8.98. The van der Waals surface area contributed by atoms with Gasteiger partial charge in [-0.15, -0.1) is 0 Å². The van der Waals surface area contributed by atoms with Crippen molar-refractivity contribution >= 4 is 17.6 Å². The van der Waals surface area contributed by atoms with Crippen LogP contribution in [0.3, 0.4) is 0 Å². The van der Waals surface area contributed by atoms with Crippen molar-refractivity contribution in [1.82, 2.24) is 9.78 Å². The normalized spacial score (nSPS) is 14.4. The van der Waals surface area contributed by atoms with Crippen LogP contribution in [0, 0.1) is 5.82 Å². The first-order valence-corrected chi connectivity index (χ1v) is 8.98. The van der Waals surface area contributed by atoms with Gasteiger partial charge in [0.15, 0.2) is 5.69 Å². The van der Waals surface area contributed by atoms with E-state index in [4.69, 9.17) is 4.74 Å². The van der Waals surface area contributed by atoms with Gasteiger partial charge in [-0.1, -0.05) is 30.3 Å². The number of nitrogens with zero attached hydrogens (tertiary/aromatic N) is 2. The molecule has 0 unspecified atom stereocenters. The van der Waals surface area contributed by atoms with Crippen LogP contribution in [0.15, 0.2) is 54.6 Å². The number of hydrogen-bond donors (Lipinski definition) is 0. The second-order valence-corrected chi connectivity index (χ2v) is 6.36. The first kappa shape index (κ1) is 17.2. The van der Waals surface area contributed by atoms with Gasteiger partial charge in [0.1, 0.15) is 5.82 Å². The molecule has 0 saturated carbocycles. The molecule has 0 N–H and O–H groups in total. The number of fused-ring (bicyclic) bond motifs is 1. The zero-order valence-corrected chi connectivity index (χ0v) is 15.0. The second-order valence-electron chi connectivity index (χ2n) is 6.36. The van der Waals surface area contributed by atoms with Gasteiger partial charge in [-0.3, -0.25) is 0 Å². The SMILES string of the molecule is CCOC(=O)c1nn(-c2ccc(F)cc2)c2c1CC/C2=C/c1ccccc1. The van der Waals surface area contributed by atoms with Crippen molar-refractivity contribution < 1.29 is 13.9 Å². The van der Waals surface area contributed by atoms with E-state index < -0.39 is 5.97 Å². The summed E-state index contributed by atoms with van der Waals surface area (Å²) in [6.07, 6.45) is 3.65. The fourth-order valence-electron chi connectivity index (χ4n) is 3.42. The summed E-state index contributed by atoms with van der Waals surface area (Å²) in [5.74, 6) is -0.733. The average molecular weight is 362 g/mol. The number of halogens is 1. The standard InChI is InChI=1S/C22H19FN2O2/c1-2-27-22(26)20-19-13-8-16(14-15-6-4-3-5-7-15)21(19)25(24-20)18-11-9-17(23)10-12-18/h3-7,9-12,14H,2,8,13H2,1H3/b16-14-. The van der Waals surface area contributed by atoms with Crippen LogP contribution in [0.25, 0.3) is 17.3 Å². The van der Waals surface area contributed by atoms with Gasteiger partial charge in [0.25, 0.3) is 0 Å². The van der Waals surface area contributed by atoms with Gasteiger partial charge in [-0.2, -0.15) is 5.10 Å². The highest BCUT2D eigenvalue weighted by Crippen LogP contribution is 2.37. The monoisotopic (exact) mass is 362 g/mol. The fourth-order valence-corrected chi connectivity index (χ4v) is 3.42. The highest BCUT2D eigenvalue weighted by Gasteiger charge is 2.30. The molecule has 0 saturated heterocycles. The Labute approximate surface area is 156 Å². The smallest absolute Gasteiger partial charge is 0.359 e. The third-order valence-corrected chi connectivity index (χ3v) is 4.61. The number of aromatic nitrogens is 2. The molecular weight excluding hydrogens is 343 g/mol. The van der Waals surface area contributed by atoms with Crippen molar-refractivity contribution in [3.05, 3.63) is 82.9 Å². The molecule has 4 nitrogen and oxygen atoms in total. The van der Waals surface area contributed by atoms with Gasteiger partial charge in [0.05, 0.1) is 18.0 Å². The lowest BCUT2D eigenvalue weighted by Gasteiger charge is -2.08. The van der Waals surface area contributed by atoms with Crippen molar-refractivity contribution in [2.24, 2.45) is 0 Å². The highest BCUT2D eigenvalue weighted by atomic mass is 19.1. The molecule has 0 amide bonds. The van der Waals surface area contributed by atoms with E-state index in [2.05, 4.69) is 11.2 Å². The van der Waals surface area contributed by atoms with Gasteiger partial charge >= 0.3 is 5.97 Å². The molecule has 27 heavy (non-hydrogen) atoms. The van der Waals surface area contributed by atoms with E-state index in [-0.39, 0.29) is 5.82 Å². The van der Waals surface area contributed by atoms with E-state index in [1.165, 1.54) is 12.1 Å². The zero-order valence-electron chi connectivity index (χ0n) is 15.0. The topological polar surface area (TPSA) is 44.1 Å². The molecule has 136 valence electrons. The molecule has 0 spiro atoms. The van der Waals surface area contributed by atoms with Crippen LogP contribution < -0.4 is 0 Å². The molecular formula is C22H19FN2O2. The molecule has 0 atom stereocenters. The van der Waals surface area contributed by atoms with Crippen molar-refractivity contribution in [1.29, 1.82) is 0 Å². The lowest BCUT2D eigenvalue weighted by atomic mass is 10.1. The van der Waals surface area contributed by atoms with Crippen LogP contribution in [0.1, 0.15) is 40.7 Å². The Hall–Kier alpha value is -3.21. The Balaban J connectivity index is 1.86. The Kier molecular flexibility index (Phi) is 4.59. The third-order valence-electron chi connectivity index (χ3n) is 4.61. The Morgan fingerprint density at radius 3 is 2.59 bits per heavy atom. The first-order chi connectivity index (χ1) is 13.2. The summed E-state index contributed by atoms with van der Waals surface area (Å²) < 4.78 is 20.3. The molecule has 1 aliphatic rings. The Morgan fingerprint density at radius 1 is 1.15 bits per heavy atom. The van der Waals surface area contributed by atoms with Gasteiger partial charge < -0.3 is 4.74 Å². The molecule has 0 radical (unpaired) electrons. The summed E-state index contributed by atoms with van der Waals surface area (Å²) in [6, 6.07) is 16.1. The van der Waals surface area contributed by atoms with Crippen molar-refractivity contribution in [3.8, 4) is 5.69 Å². The Bertz CT molecular complexity index is 1000. The number of allylic oxidation sites excluding steroid dienone is 1. The molecule has 5 heteroatoms. The predicted octanol–water partition coefficient (Wildman–Crippen LogP) is 4.67. The quantitative estimate of drug-likeness (QED) is 0.633. The maximum absolute atomic E-state index is 13.4. The molecule has 0 aliphatic heterocycles. The summed E-state index contributed by atoms with van der Waals surface area (Å²) in [6.45, 7) is 2.07. The molecule has 4 rings (SSSR count). The van der Waals surface area contributed by atoms with Gasteiger partial charge in [0, 0.05) is 5.56 Å². The van der Waals surface area contributed by atoms with Crippen molar-refractivity contribution in [2.45, 2.75) is 19.8 Å². The van der Waals surface area contributed by atoms with E-state index in [1.54, 1.807) is 23.7 Å². The summed E-state index contributed by atoms with van der Waals surface area (Å²) in [5.41, 5.74) is 5.03. The van der Waals surface area contributed by atoms with Crippen molar-refractivity contribution in [2.75, 3.05) is 6.61 Å². The number of carbonyl (C=O) groups excluding carboxylic acids is 1. The molecule has 2 aromatic carbocycles. The number of rotatable bonds is 4. The number of esters is 1. The zero-order chi connectivity index (χ0) is 18.8. The van der Waals surface area contributed by atoms with Crippen LogP contribution in [0.2, 0.25) is 0 Å². The van der Waals surface area contributed by atoms with Crippen LogP contribution in [-0.2, 0) is 11.2 Å². The van der Waals surface area contributed by atoms with Crippen LogP contribution in [-0.4, -0.2) is 22.4 Å². The number of hydrogen-bond acceptors (Lipinski definition) is 3. The largest absolute Gasteiger partial charge is 0.461 e. The average Bonchev–Trinajstić information content (AvgIpc) is 3.25. The van der Waals surface area contributed by atoms with E-state index in [0.29, 0.717) is 18.0 Å². The lowest BCUT2D eigenvalue weighted by molar-refractivity contribution is 0.0517. The summed E-state index contributed by atoms with van der Waals surface area (Å²) in [5, 5.41) is 4.52. The summed E-state index contributed by atoms with van der Waals surface area (Å²) in [4.78, 5) is 12.4. The van der Waals surface area contributed by atoms with Crippen LogP contribution in [0.5, 0.6) is 0 Å². The van der Waals surface area contributed by atoms with E-state index in [0.717, 1.165) is 35.2 Å². The third kappa shape index (κ3) is 3.28. The number of ether oxygens (including phenoxy) is 1. The molecule has 1 heterocycles. The molecule has 0 fully saturated rings. The summed E-state index contributed by atoms with van der Waals surface area (Å²) in [7, 11) is 0. The van der Waals surface area contributed by atoms with Crippen molar-refractivity contribution in [3.63, 3.8) is 0 Å². The van der Waals surface area contributed by atoms with Crippen LogP contribution in [0.4, 0.5) is 4.39 Å². The fraction of sp³-hybridized carbons (Fsp3) is 0.182. The minimum absolute atomic E-state index is 0.295. The van der Waals surface area contributed by atoms with Gasteiger partial charge in [-0.05, 0) is 61.2 Å². The maximum atomic E-state index is 13.4. The summed E-state index contributed by atoms with van der Waals surface area (Å²) >= 11 is 0. The van der Waals surface area contributed by atoms with Crippen LogP contribution >= 0.6 is 0 Å². The number of carbonyl (C=O) groups is 1. The molecule has 1 aromatic heterocycles. The van der Waals surface area contributed by atoms with E-state index in [9.17, 15) is 9.18 Å². The predicted molar refractivity (Wildman–Crippen MR) is 102 cm³/mol. The van der Waals surface area contributed by atoms with Gasteiger partial charge in [0.2, 0.25) is 0 Å². The Morgan fingerprint density at radius 2 is 1.89 bits per heavy atom. The molecule has 3 aromatic rings. The van der Waals surface area contributed by atoms with E-state index >= 15 is 0 Å². The second kappa shape index (κ2) is 7.19.